The molecule has 1 unspecified atom stereocenters. The Morgan fingerprint density at radius 1 is 0.862 bits per heavy atom. The molecule has 0 heterocycles. The third-order valence-corrected chi connectivity index (χ3v) is 8.65. The van der Waals surface area contributed by atoms with Crippen LogP contribution in [0.2, 0.25) is 24.7 Å². The highest BCUT2D eigenvalue weighted by molar-refractivity contribution is 7.89. The summed E-state index contributed by atoms with van der Waals surface area (Å²) in [6.45, 7) is 8.72. The Bertz CT molecular complexity index is 1090. The lowest BCUT2D eigenvalue weighted by Crippen LogP contribution is -2.43. The van der Waals surface area contributed by atoms with E-state index < -0.39 is 24.1 Å². The number of rotatable bonds is 6. The van der Waals surface area contributed by atoms with Crippen molar-refractivity contribution in [2.45, 2.75) is 37.5 Å². The second kappa shape index (κ2) is 8.44. The molecule has 0 saturated heterocycles. The fourth-order valence-corrected chi connectivity index (χ4v) is 6.36. The van der Waals surface area contributed by atoms with Crippen molar-refractivity contribution in [1.29, 1.82) is 0 Å². The van der Waals surface area contributed by atoms with E-state index in [1.807, 2.05) is 49.4 Å². The van der Waals surface area contributed by atoms with Crippen LogP contribution < -0.4 is 9.91 Å². The van der Waals surface area contributed by atoms with Crippen LogP contribution in [0.3, 0.4) is 0 Å². The first-order chi connectivity index (χ1) is 13.6. The third-order valence-electron chi connectivity index (χ3n) is 4.89. The Kier molecular flexibility index (Phi) is 6.34. The molecule has 6 heteroatoms. The molecule has 1 N–H and O–H groups in total. The van der Waals surface area contributed by atoms with Crippen LogP contribution in [0.15, 0.2) is 77.7 Å². The van der Waals surface area contributed by atoms with Gasteiger partial charge in [-0.3, -0.25) is 0 Å². The number of hydrogen-bond donors (Lipinski definition) is 1. The van der Waals surface area contributed by atoms with Crippen molar-refractivity contribution in [2.75, 3.05) is 0 Å². The van der Waals surface area contributed by atoms with Crippen molar-refractivity contribution in [3.63, 3.8) is 0 Å². The molecule has 1 atom stereocenters. The quantitative estimate of drug-likeness (QED) is 0.528. The minimum Gasteiger partial charge on any atom is -0.207 e. The molecule has 0 spiro atoms. The lowest BCUT2D eigenvalue weighted by molar-refractivity contribution is 0.572. The molecule has 3 rings (SSSR count). The minimum absolute atomic E-state index is 0.257. The molecule has 3 nitrogen and oxygen atoms in total. The van der Waals surface area contributed by atoms with Gasteiger partial charge >= 0.3 is 0 Å². The summed E-state index contributed by atoms with van der Waals surface area (Å²) in [6.07, 6.45) is 0. The summed E-state index contributed by atoms with van der Waals surface area (Å²) in [4.78, 5) is 0.257. The van der Waals surface area contributed by atoms with E-state index in [9.17, 15) is 8.42 Å². The Morgan fingerprint density at radius 2 is 1.45 bits per heavy atom. The minimum atomic E-state index is -3.71. The number of benzene rings is 3. The maximum absolute atomic E-state index is 13.2. The Morgan fingerprint density at radius 3 is 2.03 bits per heavy atom. The van der Waals surface area contributed by atoms with E-state index in [1.54, 1.807) is 24.3 Å². The third kappa shape index (κ3) is 5.17. The van der Waals surface area contributed by atoms with Crippen molar-refractivity contribution in [2.24, 2.45) is 0 Å². The van der Waals surface area contributed by atoms with Crippen molar-refractivity contribution < 1.29 is 8.42 Å². The zero-order valence-corrected chi connectivity index (χ0v) is 19.7. The van der Waals surface area contributed by atoms with Crippen molar-refractivity contribution in [1.82, 2.24) is 4.72 Å². The maximum Gasteiger partial charge on any atom is 0.241 e. The number of hydrogen-bond acceptors (Lipinski definition) is 2. The summed E-state index contributed by atoms with van der Waals surface area (Å²) >= 11 is 6.08. The van der Waals surface area contributed by atoms with E-state index in [-0.39, 0.29) is 4.90 Å². The second-order valence-corrected chi connectivity index (χ2v) is 15.4. The van der Waals surface area contributed by atoms with Gasteiger partial charge in [0, 0.05) is 5.02 Å². The van der Waals surface area contributed by atoms with Gasteiger partial charge in [-0.05, 0) is 42.3 Å². The van der Waals surface area contributed by atoms with E-state index >= 15 is 0 Å². The van der Waals surface area contributed by atoms with Gasteiger partial charge in [-0.25, -0.2) is 8.42 Å². The number of sulfonamides is 1. The van der Waals surface area contributed by atoms with Crippen LogP contribution in [0.25, 0.3) is 0 Å². The predicted molar refractivity (Wildman–Crippen MR) is 124 cm³/mol. The lowest BCUT2D eigenvalue weighted by atomic mass is 9.99. The van der Waals surface area contributed by atoms with Gasteiger partial charge in [-0.1, -0.05) is 90.5 Å². The molecule has 0 fully saturated rings. The van der Waals surface area contributed by atoms with E-state index in [0.717, 1.165) is 16.7 Å². The first-order valence-electron chi connectivity index (χ1n) is 9.52. The Balaban J connectivity index is 2.13. The molecule has 0 aliphatic carbocycles. The normalized spacial score (nSPS) is 13.3. The summed E-state index contributed by atoms with van der Waals surface area (Å²) in [5.41, 5.74) is 2.86. The average Bonchev–Trinajstić information content (AvgIpc) is 2.67. The van der Waals surface area contributed by atoms with Gasteiger partial charge in [0.25, 0.3) is 0 Å². The van der Waals surface area contributed by atoms with Gasteiger partial charge in [0.15, 0.2) is 0 Å². The summed E-state index contributed by atoms with van der Waals surface area (Å²) in [5.74, 6) is 0. The average molecular weight is 444 g/mol. The van der Waals surface area contributed by atoms with E-state index in [2.05, 4.69) is 30.4 Å². The van der Waals surface area contributed by atoms with Crippen LogP contribution in [-0.2, 0) is 10.0 Å². The summed E-state index contributed by atoms with van der Waals surface area (Å²) in [7, 11) is -5.42. The zero-order valence-electron chi connectivity index (χ0n) is 17.1. The van der Waals surface area contributed by atoms with Gasteiger partial charge in [0.2, 0.25) is 10.0 Å². The molecule has 0 aliphatic heterocycles. The molecule has 0 saturated carbocycles. The topological polar surface area (TPSA) is 46.2 Å². The highest BCUT2D eigenvalue weighted by atomic mass is 35.5. The van der Waals surface area contributed by atoms with Crippen LogP contribution in [-0.4, -0.2) is 16.5 Å². The summed E-state index contributed by atoms with van der Waals surface area (Å²) < 4.78 is 29.4. The van der Waals surface area contributed by atoms with E-state index in [0.29, 0.717) is 5.02 Å². The van der Waals surface area contributed by atoms with Crippen LogP contribution >= 0.6 is 11.6 Å². The molecule has 152 valence electrons. The van der Waals surface area contributed by atoms with Crippen LogP contribution in [0.5, 0.6) is 0 Å². The standard InChI is InChI=1S/C23H26ClNO2SSi/c1-17-9-15-20(16-10-17)28(26,27)25-23(18-11-13-19(24)14-12-18)21-7-5-6-8-22(21)29(2,3)4/h5-16,23,25H,1-4H3. The molecule has 3 aromatic rings. The fraction of sp³-hybridized carbons (Fsp3) is 0.217. The second-order valence-electron chi connectivity index (χ2n) is 8.26. The van der Waals surface area contributed by atoms with E-state index in [4.69, 9.17) is 11.6 Å². The zero-order chi connectivity index (χ0) is 21.2. The Hall–Kier alpha value is -1.92. The monoisotopic (exact) mass is 443 g/mol. The lowest BCUT2D eigenvalue weighted by Gasteiger charge is -2.27. The molecule has 0 bridgehead atoms. The highest BCUT2D eigenvalue weighted by Gasteiger charge is 2.28. The first kappa shape index (κ1) is 21.8. The van der Waals surface area contributed by atoms with Crippen molar-refractivity contribution in [3.8, 4) is 0 Å². The summed E-state index contributed by atoms with van der Waals surface area (Å²) in [6, 6.07) is 21.9. The molecule has 3 aromatic carbocycles. The van der Waals surface area contributed by atoms with Crippen molar-refractivity contribution >= 4 is 34.9 Å². The van der Waals surface area contributed by atoms with Gasteiger partial charge in [-0.2, -0.15) is 4.72 Å². The highest BCUT2D eigenvalue weighted by Crippen LogP contribution is 2.26. The number of nitrogens with one attached hydrogen (secondary N) is 1. The number of aryl methyl sites for hydroxylation is 1. The van der Waals surface area contributed by atoms with Crippen LogP contribution in [0, 0.1) is 6.92 Å². The molecule has 0 aromatic heterocycles. The molecule has 29 heavy (non-hydrogen) atoms. The first-order valence-corrected chi connectivity index (χ1v) is 14.9. The van der Waals surface area contributed by atoms with Gasteiger partial charge in [-0.15, -0.1) is 0 Å². The molecule has 0 aliphatic rings. The van der Waals surface area contributed by atoms with Gasteiger partial charge in [0.1, 0.15) is 0 Å². The predicted octanol–water partition coefficient (Wildman–Crippen LogP) is 5.26. The van der Waals surface area contributed by atoms with Crippen molar-refractivity contribution in [3.05, 3.63) is 94.5 Å². The van der Waals surface area contributed by atoms with Gasteiger partial charge in [0.05, 0.1) is 19.0 Å². The molecule has 0 amide bonds. The molecule has 0 radical (unpaired) electrons. The molecular weight excluding hydrogens is 418 g/mol. The Labute approximate surface area is 179 Å². The SMILES string of the molecule is Cc1ccc(S(=O)(=O)NC(c2ccc(Cl)cc2)c2ccccc2[Si](C)(C)C)cc1. The number of halogens is 1. The van der Waals surface area contributed by atoms with Crippen LogP contribution in [0.1, 0.15) is 22.7 Å². The fourth-order valence-electron chi connectivity index (χ4n) is 3.34. The maximum atomic E-state index is 13.2. The van der Waals surface area contributed by atoms with Gasteiger partial charge < -0.3 is 0 Å². The smallest absolute Gasteiger partial charge is 0.207 e. The summed E-state index contributed by atoms with van der Waals surface area (Å²) in [5, 5.41) is 1.85. The molecular formula is C23H26ClNO2SSi. The largest absolute Gasteiger partial charge is 0.241 e. The van der Waals surface area contributed by atoms with E-state index in [1.165, 1.54) is 5.19 Å². The van der Waals surface area contributed by atoms with Crippen LogP contribution in [0.4, 0.5) is 0 Å².